The van der Waals surface area contributed by atoms with Gasteiger partial charge in [0.2, 0.25) is 0 Å². The fourth-order valence-corrected chi connectivity index (χ4v) is 1.66. The molecule has 1 aromatic carbocycles. The number of carbonyl (C=O) groups is 1. The van der Waals surface area contributed by atoms with E-state index in [0.717, 1.165) is 12.8 Å². The van der Waals surface area contributed by atoms with E-state index in [4.69, 9.17) is 4.74 Å². The molecule has 1 atom stereocenters. The molecule has 0 aliphatic carbocycles. The summed E-state index contributed by atoms with van der Waals surface area (Å²) in [7, 11) is 1.39. The average Bonchev–Trinajstić information content (AvgIpc) is 2.29. The molecule has 0 bridgehead atoms. The van der Waals surface area contributed by atoms with E-state index < -0.39 is 5.82 Å². The number of hydrogen-bond donors (Lipinski definition) is 0. The molecule has 16 heavy (non-hydrogen) atoms. The Labute approximate surface area is 95.4 Å². The second kappa shape index (κ2) is 5.64. The molecule has 1 unspecified atom stereocenters. The molecule has 0 aromatic heterocycles. The van der Waals surface area contributed by atoms with Crippen LogP contribution in [0.3, 0.4) is 0 Å². The van der Waals surface area contributed by atoms with Gasteiger partial charge in [-0.2, -0.15) is 0 Å². The molecule has 0 amide bonds. The highest BCUT2D eigenvalue weighted by Crippen LogP contribution is 2.21. The van der Waals surface area contributed by atoms with Crippen molar-refractivity contribution in [2.75, 3.05) is 7.11 Å². The highest BCUT2D eigenvalue weighted by molar-refractivity contribution is 5.97. The van der Waals surface area contributed by atoms with Gasteiger partial charge in [0.25, 0.3) is 0 Å². The van der Waals surface area contributed by atoms with Crippen LogP contribution in [0.5, 0.6) is 5.75 Å². The minimum absolute atomic E-state index is 0.0276. The molecule has 0 aliphatic rings. The molecule has 1 aromatic rings. The third kappa shape index (κ3) is 2.81. The number of methoxy groups -OCH3 is 1. The topological polar surface area (TPSA) is 26.3 Å². The minimum Gasteiger partial charge on any atom is -0.494 e. The summed E-state index contributed by atoms with van der Waals surface area (Å²) in [6.07, 6.45) is 1.81. The number of halogens is 1. The van der Waals surface area contributed by atoms with E-state index in [2.05, 4.69) is 0 Å². The molecule has 0 heterocycles. The zero-order valence-corrected chi connectivity index (χ0v) is 9.92. The lowest BCUT2D eigenvalue weighted by molar-refractivity contribution is 0.0923. The number of ketones is 1. The normalized spacial score (nSPS) is 12.2. The van der Waals surface area contributed by atoms with Crippen molar-refractivity contribution < 1.29 is 13.9 Å². The van der Waals surface area contributed by atoms with Crippen LogP contribution in [0.25, 0.3) is 0 Å². The SMILES string of the molecule is CCCC(C)C(=O)c1ccc(F)c(OC)c1. The maximum atomic E-state index is 13.1. The molecule has 0 N–H and O–H groups in total. The standard InChI is InChI=1S/C13H17FO2/c1-4-5-9(2)13(15)10-6-7-11(14)12(8-10)16-3/h6-9H,4-5H2,1-3H3. The van der Waals surface area contributed by atoms with Crippen molar-refractivity contribution in [1.29, 1.82) is 0 Å². The summed E-state index contributed by atoms with van der Waals surface area (Å²) in [6.45, 7) is 3.93. The summed E-state index contributed by atoms with van der Waals surface area (Å²) < 4.78 is 18.0. The number of Topliss-reactive ketones (excluding diaryl/α,β-unsaturated/α-hetero) is 1. The molecular formula is C13H17FO2. The monoisotopic (exact) mass is 224 g/mol. The van der Waals surface area contributed by atoms with Gasteiger partial charge in [-0.1, -0.05) is 20.3 Å². The maximum absolute atomic E-state index is 13.1. The van der Waals surface area contributed by atoms with Crippen LogP contribution >= 0.6 is 0 Å². The van der Waals surface area contributed by atoms with E-state index >= 15 is 0 Å². The summed E-state index contributed by atoms with van der Waals surface area (Å²) in [5.74, 6) is -0.308. The lowest BCUT2D eigenvalue weighted by atomic mass is 9.95. The Morgan fingerprint density at radius 3 is 2.75 bits per heavy atom. The third-order valence-corrected chi connectivity index (χ3v) is 2.60. The molecule has 0 saturated heterocycles. The van der Waals surface area contributed by atoms with Crippen molar-refractivity contribution in [3.05, 3.63) is 29.6 Å². The minimum atomic E-state index is -0.442. The molecule has 88 valence electrons. The summed E-state index contributed by atoms with van der Waals surface area (Å²) in [4.78, 5) is 11.9. The first-order valence-electron chi connectivity index (χ1n) is 5.47. The van der Waals surface area contributed by atoms with Crippen molar-refractivity contribution in [2.45, 2.75) is 26.7 Å². The second-order valence-electron chi connectivity index (χ2n) is 3.90. The quantitative estimate of drug-likeness (QED) is 0.716. The van der Waals surface area contributed by atoms with E-state index in [9.17, 15) is 9.18 Å². The predicted octanol–water partition coefficient (Wildman–Crippen LogP) is 3.45. The van der Waals surface area contributed by atoms with Gasteiger partial charge in [0.05, 0.1) is 7.11 Å². The zero-order valence-electron chi connectivity index (χ0n) is 9.92. The molecular weight excluding hydrogens is 207 g/mol. The van der Waals surface area contributed by atoms with Crippen LogP contribution in [-0.2, 0) is 0 Å². The van der Waals surface area contributed by atoms with Crippen molar-refractivity contribution in [1.82, 2.24) is 0 Å². The summed E-state index contributed by atoms with van der Waals surface area (Å²) in [6, 6.07) is 4.24. The molecule has 0 spiro atoms. The molecule has 0 aliphatic heterocycles. The first-order valence-corrected chi connectivity index (χ1v) is 5.47. The van der Waals surface area contributed by atoms with Gasteiger partial charge in [0, 0.05) is 11.5 Å². The summed E-state index contributed by atoms with van der Waals surface area (Å²) in [5, 5.41) is 0. The van der Waals surface area contributed by atoms with Crippen LogP contribution in [0.2, 0.25) is 0 Å². The molecule has 0 fully saturated rings. The number of ether oxygens (including phenoxy) is 1. The Morgan fingerprint density at radius 2 is 2.19 bits per heavy atom. The Balaban J connectivity index is 2.92. The van der Waals surface area contributed by atoms with Crippen LogP contribution in [0.15, 0.2) is 18.2 Å². The van der Waals surface area contributed by atoms with Crippen molar-refractivity contribution in [2.24, 2.45) is 5.92 Å². The fourth-order valence-electron chi connectivity index (χ4n) is 1.66. The Kier molecular flexibility index (Phi) is 4.47. The largest absolute Gasteiger partial charge is 0.494 e. The van der Waals surface area contributed by atoms with Gasteiger partial charge in [-0.25, -0.2) is 4.39 Å². The number of carbonyl (C=O) groups excluding carboxylic acids is 1. The van der Waals surface area contributed by atoms with Crippen LogP contribution in [0.1, 0.15) is 37.0 Å². The Morgan fingerprint density at radius 1 is 1.50 bits per heavy atom. The van der Waals surface area contributed by atoms with E-state index in [1.807, 2.05) is 13.8 Å². The van der Waals surface area contributed by atoms with Crippen LogP contribution in [-0.4, -0.2) is 12.9 Å². The van der Waals surface area contributed by atoms with Gasteiger partial charge < -0.3 is 4.74 Å². The fraction of sp³-hybridized carbons (Fsp3) is 0.462. The molecule has 0 radical (unpaired) electrons. The lowest BCUT2D eigenvalue weighted by Gasteiger charge is -2.10. The first-order chi connectivity index (χ1) is 7.60. The highest BCUT2D eigenvalue weighted by atomic mass is 19.1. The van der Waals surface area contributed by atoms with Gasteiger partial charge in [0.1, 0.15) is 0 Å². The smallest absolute Gasteiger partial charge is 0.165 e. The van der Waals surface area contributed by atoms with E-state index in [1.165, 1.54) is 25.3 Å². The van der Waals surface area contributed by atoms with Gasteiger partial charge in [-0.3, -0.25) is 4.79 Å². The van der Waals surface area contributed by atoms with E-state index in [1.54, 1.807) is 0 Å². The summed E-state index contributed by atoms with van der Waals surface area (Å²) in [5.41, 5.74) is 0.513. The number of rotatable bonds is 5. The van der Waals surface area contributed by atoms with Gasteiger partial charge in [-0.05, 0) is 24.6 Å². The molecule has 2 nitrogen and oxygen atoms in total. The molecule has 3 heteroatoms. The molecule has 0 saturated carbocycles. The predicted molar refractivity (Wildman–Crippen MR) is 61.4 cm³/mol. The highest BCUT2D eigenvalue weighted by Gasteiger charge is 2.16. The van der Waals surface area contributed by atoms with Crippen molar-refractivity contribution in [3.63, 3.8) is 0 Å². The zero-order chi connectivity index (χ0) is 12.1. The van der Waals surface area contributed by atoms with Gasteiger partial charge >= 0.3 is 0 Å². The maximum Gasteiger partial charge on any atom is 0.165 e. The number of benzene rings is 1. The average molecular weight is 224 g/mol. The second-order valence-corrected chi connectivity index (χ2v) is 3.90. The van der Waals surface area contributed by atoms with E-state index in [-0.39, 0.29) is 17.5 Å². The van der Waals surface area contributed by atoms with Crippen LogP contribution in [0, 0.1) is 11.7 Å². The van der Waals surface area contributed by atoms with Crippen molar-refractivity contribution in [3.8, 4) is 5.75 Å². The Bertz CT molecular complexity index is 374. The van der Waals surface area contributed by atoms with Crippen LogP contribution < -0.4 is 4.74 Å². The van der Waals surface area contributed by atoms with E-state index in [0.29, 0.717) is 5.56 Å². The van der Waals surface area contributed by atoms with Gasteiger partial charge in [0.15, 0.2) is 17.3 Å². The third-order valence-electron chi connectivity index (χ3n) is 2.60. The number of hydrogen-bond acceptors (Lipinski definition) is 2. The molecule has 1 rings (SSSR count). The van der Waals surface area contributed by atoms with Gasteiger partial charge in [-0.15, -0.1) is 0 Å². The lowest BCUT2D eigenvalue weighted by Crippen LogP contribution is -2.11. The Hall–Kier alpha value is -1.38. The van der Waals surface area contributed by atoms with Crippen LogP contribution in [0.4, 0.5) is 4.39 Å². The summed E-state index contributed by atoms with van der Waals surface area (Å²) >= 11 is 0. The van der Waals surface area contributed by atoms with Crippen molar-refractivity contribution >= 4 is 5.78 Å². The first kappa shape index (κ1) is 12.7.